The smallest absolute Gasteiger partial charge is 0.0590 e. The van der Waals surface area contributed by atoms with Crippen LogP contribution in [0.25, 0.3) is 0 Å². The zero-order valence-corrected chi connectivity index (χ0v) is 5.97. The van der Waals surface area contributed by atoms with Gasteiger partial charge in [-0.05, 0) is 26.2 Å². The number of ether oxygens (including phenoxy) is 1. The Morgan fingerprint density at radius 3 is 3.00 bits per heavy atom. The normalized spacial score (nSPS) is 30.7. The molecule has 1 aliphatic heterocycles. The highest BCUT2D eigenvalue weighted by atomic mass is 16.5. The molecule has 54 valence electrons. The summed E-state index contributed by atoms with van der Waals surface area (Å²) in [4.78, 5) is 0. The summed E-state index contributed by atoms with van der Waals surface area (Å²) in [7, 11) is 0. The van der Waals surface area contributed by atoms with Crippen LogP contribution in [-0.2, 0) is 4.74 Å². The fourth-order valence-corrected chi connectivity index (χ4v) is 1.24. The van der Waals surface area contributed by atoms with Crippen molar-refractivity contribution in [3.05, 3.63) is 0 Å². The Bertz CT molecular complexity index is 77.0. The Morgan fingerprint density at radius 1 is 1.78 bits per heavy atom. The Hall–Kier alpha value is -0.0800. The summed E-state index contributed by atoms with van der Waals surface area (Å²) in [5.74, 6) is 0. The lowest BCUT2D eigenvalue weighted by Gasteiger charge is -2.10. The second kappa shape index (κ2) is 3.18. The van der Waals surface area contributed by atoms with Gasteiger partial charge in [0.25, 0.3) is 0 Å². The average molecular weight is 129 g/mol. The molecule has 0 aliphatic carbocycles. The summed E-state index contributed by atoms with van der Waals surface area (Å²) in [5, 5.41) is 0. The van der Waals surface area contributed by atoms with Gasteiger partial charge in [-0.15, -0.1) is 0 Å². The minimum Gasteiger partial charge on any atom is -0.378 e. The highest BCUT2D eigenvalue weighted by Gasteiger charge is 2.15. The second-order valence-electron chi connectivity index (χ2n) is 2.85. The van der Waals surface area contributed by atoms with Crippen LogP contribution >= 0.6 is 0 Å². The highest BCUT2D eigenvalue weighted by molar-refractivity contribution is 4.68. The zero-order valence-electron chi connectivity index (χ0n) is 5.97. The molecule has 2 atom stereocenters. The fraction of sp³-hybridized carbons (Fsp3) is 1.00. The summed E-state index contributed by atoms with van der Waals surface area (Å²) in [6.07, 6.45) is 3.92. The Labute approximate surface area is 56.4 Å². The van der Waals surface area contributed by atoms with E-state index < -0.39 is 0 Å². The molecular formula is C7H15NO. The van der Waals surface area contributed by atoms with Gasteiger partial charge in [0, 0.05) is 12.6 Å². The Kier molecular flexibility index (Phi) is 2.49. The van der Waals surface area contributed by atoms with Crippen LogP contribution in [0.3, 0.4) is 0 Å². The minimum atomic E-state index is 0.299. The first-order chi connectivity index (χ1) is 4.29. The molecule has 0 aromatic heterocycles. The van der Waals surface area contributed by atoms with E-state index >= 15 is 0 Å². The Morgan fingerprint density at radius 2 is 2.56 bits per heavy atom. The van der Waals surface area contributed by atoms with Gasteiger partial charge in [-0.25, -0.2) is 0 Å². The molecule has 2 nitrogen and oxygen atoms in total. The van der Waals surface area contributed by atoms with Crippen molar-refractivity contribution in [2.45, 2.75) is 38.3 Å². The lowest BCUT2D eigenvalue weighted by Crippen LogP contribution is -2.22. The summed E-state index contributed by atoms with van der Waals surface area (Å²) in [5.41, 5.74) is 5.59. The summed E-state index contributed by atoms with van der Waals surface area (Å²) in [6, 6.07) is 0.299. The van der Waals surface area contributed by atoms with Crippen molar-refractivity contribution in [3.8, 4) is 0 Å². The molecule has 1 heterocycles. The third-order valence-corrected chi connectivity index (χ3v) is 1.66. The number of hydrogen-bond donors (Lipinski definition) is 1. The van der Waals surface area contributed by atoms with Gasteiger partial charge in [0.05, 0.1) is 6.10 Å². The van der Waals surface area contributed by atoms with E-state index in [4.69, 9.17) is 10.5 Å². The van der Waals surface area contributed by atoms with Crippen LogP contribution in [0.2, 0.25) is 0 Å². The number of hydrogen-bond acceptors (Lipinski definition) is 2. The molecule has 0 aromatic rings. The van der Waals surface area contributed by atoms with Gasteiger partial charge < -0.3 is 10.5 Å². The predicted molar refractivity (Wildman–Crippen MR) is 37.2 cm³/mol. The van der Waals surface area contributed by atoms with E-state index in [-0.39, 0.29) is 0 Å². The lowest BCUT2D eigenvalue weighted by atomic mass is 10.1. The van der Waals surface area contributed by atoms with Gasteiger partial charge in [-0.1, -0.05) is 0 Å². The van der Waals surface area contributed by atoms with Crippen molar-refractivity contribution in [1.29, 1.82) is 0 Å². The van der Waals surface area contributed by atoms with Gasteiger partial charge in [-0.2, -0.15) is 0 Å². The maximum Gasteiger partial charge on any atom is 0.0590 e. The molecule has 1 fully saturated rings. The maximum absolute atomic E-state index is 5.59. The SMILES string of the molecule is C[C@H](N)C[C@H]1CCCO1. The van der Waals surface area contributed by atoms with Crippen molar-refractivity contribution in [2.75, 3.05) is 6.61 Å². The van der Waals surface area contributed by atoms with Crippen molar-refractivity contribution < 1.29 is 4.74 Å². The van der Waals surface area contributed by atoms with E-state index in [1.54, 1.807) is 0 Å². The van der Waals surface area contributed by atoms with Gasteiger partial charge in [0.2, 0.25) is 0 Å². The average Bonchev–Trinajstić information content (AvgIpc) is 2.15. The molecular weight excluding hydrogens is 114 g/mol. The van der Waals surface area contributed by atoms with Crippen LogP contribution in [0.1, 0.15) is 26.2 Å². The molecule has 0 amide bonds. The van der Waals surface area contributed by atoms with Crippen LogP contribution in [0.4, 0.5) is 0 Å². The number of rotatable bonds is 2. The minimum absolute atomic E-state index is 0.299. The first kappa shape index (κ1) is 7.03. The van der Waals surface area contributed by atoms with Crippen LogP contribution in [-0.4, -0.2) is 18.8 Å². The molecule has 1 rings (SSSR count). The molecule has 9 heavy (non-hydrogen) atoms. The molecule has 2 N–H and O–H groups in total. The standard InChI is InChI=1S/C7H15NO/c1-6(8)5-7-3-2-4-9-7/h6-7H,2-5,8H2,1H3/t6-,7+/m0/s1. The first-order valence-corrected chi connectivity index (χ1v) is 3.66. The molecule has 0 saturated carbocycles. The van der Waals surface area contributed by atoms with Gasteiger partial charge in [0.15, 0.2) is 0 Å². The van der Waals surface area contributed by atoms with E-state index in [0.717, 1.165) is 13.0 Å². The lowest BCUT2D eigenvalue weighted by molar-refractivity contribution is 0.0997. The highest BCUT2D eigenvalue weighted by Crippen LogP contribution is 2.15. The van der Waals surface area contributed by atoms with Crippen LogP contribution in [0.5, 0.6) is 0 Å². The van der Waals surface area contributed by atoms with E-state index in [0.29, 0.717) is 12.1 Å². The van der Waals surface area contributed by atoms with E-state index in [1.165, 1.54) is 12.8 Å². The van der Waals surface area contributed by atoms with Crippen LogP contribution < -0.4 is 5.73 Å². The monoisotopic (exact) mass is 129 g/mol. The topological polar surface area (TPSA) is 35.2 Å². The van der Waals surface area contributed by atoms with Crippen molar-refractivity contribution in [3.63, 3.8) is 0 Å². The fourth-order valence-electron chi connectivity index (χ4n) is 1.24. The molecule has 0 spiro atoms. The molecule has 2 heteroatoms. The van der Waals surface area contributed by atoms with Crippen molar-refractivity contribution in [2.24, 2.45) is 5.73 Å². The third-order valence-electron chi connectivity index (χ3n) is 1.66. The third kappa shape index (κ3) is 2.33. The van der Waals surface area contributed by atoms with Gasteiger partial charge in [-0.3, -0.25) is 0 Å². The van der Waals surface area contributed by atoms with Gasteiger partial charge in [0.1, 0.15) is 0 Å². The van der Waals surface area contributed by atoms with Gasteiger partial charge >= 0.3 is 0 Å². The molecule has 1 saturated heterocycles. The zero-order chi connectivity index (χ0) is 6.69. The molecule has 0 aromatic carbocycles. The second-order valence-corrected chi connectivity index (χ2v) is 2.85. The van der Waals surface area contributed by atoms with Crippen molar-refractivity contribution in [1.82, 2.24) is 0 Å². The van der Waals surface area contributed by atoms with E-state index in [9.17, 15) is 0 Å². The molecule has 0 radical (unpaired) electrons. The first-order valence-electron chi connectivity index (χ1n) is 3.66. The molecule has 1 aliphatic rings. The van der Waals surface area contributed by atoms with Crippen molar-refractivity contribution >= 4 is 0 Å². The molecule has 0 bridgehead atoms. The van der Waals surface area contributed by atoms with E-state index in [2.05, 4.69) is 0 Å². The largest absolute Gasteiger partial charge is 0.378 e. The van der Waals surface area contributed by atoms with Crippen LogP contribution in [0, 0.1) is 0 Å². The molecule has 0 unspecified atom stereocenters. The summed E-state index contributed by atoms with van der Waals surface area (Å²) in [6.45, 7) is 2.97. The predicted octanol–water partition coefficient (Wildman–Crippen LogP) is 0.903. The maximum atomic E-state index is 5.59. The number of nitrogens with two attached hydrogens (primary N) is 1. The quantitative estimate of drug-likeness (QED) is 0.601. The van der Waals surface area contributed by atoms with Crippen LogP contribution in [0.15, 0.2) is 0 Å². The Balaban J connectivity index is 2.11. The van der Waals surface area contributed by atoms with E-state index in [1.807, 2.05) is 6.92 Å². The summed E-state index contributed by atoms with van der Waals surface area (Å²) >= 11 is 0. The summed E-state index contributed by atoms with van der Waals surface area (Å²) < 4.78 is 5.38.